The van der Waals surface area contributed by atoms with Gasteiger partial charge in [-0.3, -0.25) is 4.90 Å². The van der Waals surface area contributed by atoms with Crippen molar-refractivity contribution in [1.82, 2.24) is 4.90 Å². The molecular weight excluding hydrogens is 218 g/mol. The van der Waals surface area contributed by atoms with Gasteiger partial charge in [-0.15, -0.1) is 0 Å². The summed E-state index contributed by atoms with van der Waals surface area (Å²) in [5.41, 5.74) is 0. The monoisotopic (exact) mass is 241 g/mol. The molecule has 1 fully saturated rings. The third-order valence-electron chi connectivity index (χ3n) is 3.19. The van der Waals surface area contributed by atoms with Crippen LogP contribution < -0.4 is 0 Å². The Balaban J connectivity index is 2.32. The van der Waals surface area contributed by atoms with Gasteiger partial charge in [-0.25, -0.2) is 4.79 Å². The zero-order valence-electron chi connectivity index (χ0n) is 10.8. The van der Waals surface area contributed by atoms with Crippen LogP contribution in [0.5, 0.6) is 0 Å². The van der Waals surface area contributed by atoms with Crippen molar-refractivity contribution in [2.75, 3.05) is 20.2 Å². The van der Waals surface area contributed by atoms with Gasteiger partial charge in [-0.2, -0.15) is 0 Å². The summed E-state index contributed by atoms with van der Waals surface area (Å²) in [5.74, 6) is -0.301. The normalized spacial score (nSPS) is 25.4. The van der Waals surface area contributed by atoms with E-state index in [1.807, 2.05) is 7.05 Å². The maximum absolute atomic E-state index is 11.1. The van der Waals surface area contributed by atoms with Gasteiger partial charge in [0.1, 0.15) is 0 Å². The van der Waals surface area contributed by atoms with Gasteiger partial charge in [-0.1, -0.05) is 18.9 Å². The fourth-order valence-electron chi connectivity index (χ4n) is 2.25. The Morgan fingerprint density at radius 3 is 2.82 bits per heavy atom. The molecule has 0 bridgehead atoms. The summed E-state index contributed by atoms with van der Waals surface area (Å²) in [4.78, 5) is 13.2. The van der Waals surface area contributed by atoms with E-state index >= 15 is 0 Å². The third kappa shape index (κ3) is 4.88. The van der Waals surface area contributed by atoms with E-state index in [0.717, 1.165) is 19.3 Å². The molecule has 1 N–H and O–H groups in total. The topological polar surface area (TPSA) is 49.8 Å². The van der Waals surface area contributed by atoms with Crippen LogP contribution in [0.15, 0.2) is 12.2 Å². The van der Waals surface area contributed by atoms with Crippen molar-refractivity contribution in [3.63, 3.8) is 0 Å². The number of carbonyl (C=O) groups is 1. The lowest BCUT2D eigenvalue weighted by atomic mass is 9.91. The molecule has 1 aliphatic carbocycles. The molecule has 1 rings (SSSR count). The van der Waals surface area contributed by atoms with Crippen molar-refractivity contribution < 1.29 is 14.6 Å². The van der Waals surface area contributed by atoms with Crippen LogP contribution in [0.1, 0.15) is 32.6 Å². The number of carbonyl (C=O) groups excluding carboxylic acids is 1. The van der Waals surface area contributed by atoms with Crippen LogP contribution in [0.2, 0.25) is 0 Å². The second-order valence-electron chi connectivity index (χ2n) is 4.51. The van der Waals surface area contributed by atoms with Crippen molar-refractivity contribution in [3.8, 4) is 0 Å². The van der Waals surface area contributed by atoms with Gasteiger partial charge in [0.2, 0.25) is 0 Å². The second-order valence-corrected chi connectivity index (χ2v) is 4.51. The average molecular weight is 241 g/mol. The number of hydrogen-bond acceptors (Lipinski definition) is 4. The summed E-state index contributed by atoms with van der Waals surface area (Å²) in [6.45, 7) is 2.86. The van der Waals surface area contributed by atoms with Gasteiger partial charge >= 0.3 is 5.97 Å². The maximum atomic E-state index is 11.1. The van der Waals surface area contributed by atoms with E-state index in [4.69, 9.17) is 4.74 Å². The smallest absolute Gasteiger partial charge is 0.330 e. The molecule has 0 radical (unpaired) electrons. The Kier molecular flexibility index (Phi) is 6.22. The van der Waals surface area contributed by atoms with E-state index in [9.17, 15) is 9.90 Å². The van der Waals surface area contributed by atoms with Gasteiger partial charge in [0.15, 0.2) is 0 Å². The number of aliphatic hydroxyl groups is 1. The lowest BCUT2D eigenvalue weighted by molar-refractivity contribution is -0.137. The molecule has 0 aromatic heterocycles. The standard InChI is InChI=1S/C13H23NO3/c1-3-17-13(16)9-6-10-14(2)11-7-4-5-8-12(11)15/h6,9,11-12,15H,3-5,7-8,10H2,1-2H3/b9-6+. The molecular formula is C13H23NO3. The Bertz CT molecular complexity index is 265. The highest BCUT2D eigenvalue weighted by Gasteiger charge is 2.25. The molecule has 4 heteroatoms. The summed E-state index contributed by atoms with van der Waals surface area (Å²) < 4.78 is 4.80. The minimum absolute atomic E-state index is 0.218. The van der Waals surface area contributed by atoms with Crippen molar-refractivity contribution in [1.29, 1.82) is 0 Å². The van der Waals surface area contributed by atoms with Gasteiger partial charge in [0, 0.05) is 18.7 Å². The van der Waals surface area contributed by atoms with Crippen LogP contribution in [0.25, 0.3) is 0 Å². The summed E-state index contributed by atoms with van der Waals surface area (Å²) in [7, 11) is 1.98. The van der Waals surface area contributed by atoms with Crippen LogP contribution in [0, 0.1) is 0 Å². The first-order valence-electron chi connectivity index (χ1n) is 6.36. The van der Waals surface area contributed by atoms with Gasteiger partial charge < -0.3 is 9.84 Å². The molecule has 0 spiro atoms. The van der Waals surface area contributed by atoms with Gasteiger partial charge in [0.25, 0.3) is 0 Å². The maximum Gasteiger partial charge on any atom is 0.330 e. The lowest BCUT2D eigenvalue weighted by Gasteiger charge is -2.34. The van der Waals surface area contributed by atoms with E-state index in [1.165, 1.54) is 12.5 Å². The molecule has 17 heavy (non-hydrogen) atoms. The first-order valence-corrected chi connectivity index (χ1v) is 6.36. The molecule has 0 saturated heterocycles. The largest absolute Gasteiger partial charge is 0.463 e. The number of ether oxygens (including phenoxy) is 1. The van der Waals surface area contributed by atoms with Crippen LogP contribution in [-0.2, 0) is 9.53 Å². The number of rotatable bonds is 5. The summed E-state index contributed by atoms with van der Waals surface area (Å²) >= 11 is 0. The fourth-order valence-corrected chi connectivity index (χ4v) is 2.25. The van der Waals surface area contributed by atoms with E-state index in [2.05, 4.69) is 4.90 Å². The number of hydrogen-bond donors (Lipinski definition) is 1. The van der Waals surface area contributed by atoms with Crippen molar-refractivity contribution >= 4 is 5.97 Å². The molecule has 4 nitrogen and oxygen atoms in total. The molecule has 98 valence electrons. The number of aliphatic hydroxyl groups excluding tert-OH is 1. The molecule has 0 heterocycles. The van der Waals surface area contributed by atoms with Crippen LogP contribution in [0.4, 0.5) is 0 Å². The first-order chi connectivity index (χ1) is 8.15. The predicted molar refractivity (Wildman–Crippen MR) is 66.7 cm³/mol. The summed E-state index contributed by atoms with van der Waals surface area (Å²) in [5, 5.41) is 9.87. The SMILES string of the molecule is CCOC(=O)/C=C/CN(C)C1CCCCC1O. The van der Waals surface area contributed by atoms with E-state index in [0.29, 0.717) is 13.2 Å². The quantitative estimate of drug-likeness (QED) is 0.583. The Morgan fingerprint density at radius 1 is 1.47 bits per heavy atom. The summed E-state index contributed by atoms with van der Waals surface area (Å²) in [6.07, 6.45) is 7.22. The lowest BCUT2D eigenvalue weighted by Crippen LogP contribution is -2.43. The highest BCUT2D eigenvalue weighted by atomic mass is 16.5. The van der Waals surface area contributed by atoms with Crippen molar-refractivity contribution in [3.05, 3.63) is 12.2 Å². The van der Waals surface area contributed by atoms with E-state index in [1.54, 1.807) is 13.0 Å². The number of likely N-dealkylation sites (N-methyl/N-ethyl adjacent to an activating group) is 1. The molecule has 0 aromatic rings. The second kappa shape index (κ2) is 7.45. The Labute approximate surface area is 103 Å². The highest BCUT2D eigenvalue weighted by molar-refractivity contribution is 5.81. The van der Waals surface area contributed by atoms with Crippen molar-refractivity contribution in [2.45, 2.75) is 44.8 Å². The Hall–Kier alpha value is -0.870. The minimum Gasteiger partial charge on any atom is -0.463 e. The van der Waals surface area contributed by atoms with E-state index < -0.39 is 0 Å². The van der Waals surface area contributed by atoms with Gasteiger partial charge in [-0.05, 0) is 26.8 Å². The Morgan fingerprint density at radius 2 is 2.18 bits per heavy atom. The number of nitrogens with zero attached hydrogens (tertiary/aromatic N) is 1. The van der Waals surface area contributed by atoms with Crippen LogP contribution >= 0.6 is 0 Å². The molecule has 0 aromatic carbocycles. The molecule has 2 atom stereocenters. The van der Waals surface area contributed by atoms with Crippen LogP contribution in [-0.4, -0.2) is 48.3 Å². The fraction of sp³-hybridized carbons (Fsp3) is 0.769. The highest BCUT2D eigenvalue weighted by Crippen LogP contribution is 2.22. The molecule has 2 unspecified atom stereocenters. The average Bonchev–Trinajstić information content (AvgIpc) is 2.29. The van der Waals surface area contributed by atoms with Gasteiger partial charge in [0.05, 0.1) is 12.7 Å². The molecule has 0 aliphatic heterocycles. The number of esters is 1. The summed E-state index contributed by atoms with van der Waals surface area (Å²) in [6, 6.07) is 0.218. The zero-order valence-corrected chi connectivity index (χ0v) is 10.8. The van der Waals surface area contributed by atoms with Crippen LogP contribution in [0.3, 0.4) is 0 Å². The predicted octanol–water partition coefficient (Wildman–Crippen LogP) is 1.34. The molecule has 0 amide bonds. The molecule has 1 saturated carbocycles. The zero-order chi connectivity index (χ0) is 12.7. The van der Waals surface area contributed by atoms with Crippen molar-refractivity contribution in [2.24, 2.45) is 0 Å². The molecule has 1 aliphatic rings. The van der Waals surface area contributed by atoms with E-state index in [-0.39, 0.29) is 18.1 Å². The third-order valence-corrected chi connectivity index (χ3v) is 3.19. The minimum atomic E-state index is -0.301. The first kappa shape index (κ1) is 14.2.